The number of rotatable bonds is 5. The number of benzene rings is 2. The average Bonchev–Trinajstić information content (AvgIpc) is 2.67. The molecule has 0 aromatic heterocycles. The monoisotopic (exact) mass is 443 g/mol. The van der Waals surface area contributed by atoms with Gasteiger partial charge in [0.15, 0.2) is 0 Å². The van der Waals surface area contributed by atoms with Crippen molar-refractivity contribution in [1.29, 1.82) is 0 Å². The predicted octanol–water partition coefficient (Wildman–Crippen LogP) is 5.05. The van der Waals surface area contributed by atoms with Gasteiger partial charge in [-0.25, -0.2) is 4.79 Å². The number of amides is 1. The van der Waals surface area contributed by atoms with Crippen LogP contribution in [-0.4, -0.2) is 32.6 Å². The molecule has 1 N–H and O–H groups in total. The van der Waals surface area contributed by atoms with Crippen LogP contribution in [0.5, 0.6) is 5.75 Å². The van der Waals surface area contributed by atoms with E-state index in [2.05, 4.69) is 5.32 Å². The summed E-state index contributed by atoms with van der Waals surface area (Å²) in [6.45, 7) is 7.65. The Morgan fingerprint density at radius 3 is 2.55 bits per heavy atom. The molecule has 0 saturated carbocycles. The molecule has 0 spiro atoms. The zero-order valence-corrected chi connectivity index (χ0v) is 18.7. The predicted molar refractivity (Wildman–Crippen MR) is 121 cm³/mol. The Kier molecular flexibility index (Phi) is 6.45. The molecule has 0 saturated heterocycles. The summed E-state index contributed by atoms with van der Waals surface area (Å²) in [6, 6.07) is 11.8. The maximum absolute atomic E-state index is 12.9. The van der Waals surface area contributed by atoms with Gasteiger partial charge in [-0.3, -0.25) is 15.0 Å². The summed E-state index contributed by atoms with van der Waals surface area (Å²) >= 11 is 5.28. The Morgan fingerprint density at radius 1 is 1.23 bits per heavy atom. The minimum atomic E-state index is -0.675. The fourth-order valence-corrected chi connectivity index (χ4v) is 3.23. The molecule has 1 atom stereocenters. The van der Waals surface area contributed by atoms with Crippen molar-refractivity contribution in [2.24, 2.45) is 0 Å². The van der Waals surface area contributed by atoms with E-state index in [9.17, 15) is 14.9 Å². The second-order valence-electron chi connectivity index (χ2n) is 8.34. The van der Waals surface area contributed by atoms with Crippen molar-refractivity contribution in [2.45, 2.75) is 52.5 Å². The third kappa shape index (κ3) is 5.91. The second kappa shape index (κ2) is 8.89. The van der Waals surface area contributed by atoms with Crippen molar-refractivity contribution in [3.63, 3.8) is 0 Å². The Hall–Kier alpha value is -3.20. The molecule has 3 rings (SSSR count). The summed E-state index contributed by atoms with van der Waals surface area (Å²) in [5.41, 5.74) is 1.50. The SMILES string of the molecule is CC1Oc2ccc(CN(Cc3cccc([N+](=O)[O-])c3)C(=O)OC(C)(C)C)cc2NC1=S. The number of nitro groups is 1. The number of hydrogen-bond donors (Lipinski definition) is 1. The van der Waals surface area contributed by atoms with E-state index in [1.54, 1.807) is 32.9 Å². The van der Waals surface area contributed by atoms with Crippen molar-refractivity contribution in [3.05, 3.63) is 63.7 Å². The lowest BCUT2D eigenvalue weighted by Gasteiger charge is -2.29. The molecule has 1 aliphatic rings. The van der Waals surface area contributed by atoms with Crippen molar-refractivity contribution >= 4 is 34.7 Å². The summed E-state index contributed by atoms with van der Waals surface area (Å²) in [7, 11) is 0. The first kappa shape index (κ1) is 22.5. The minimum Gasteiger partial charge on any atom is -0.481 e. The number of fused-ring (bicyclic) bond motifs is 1. The van der Waals surface area contributed by atoms with Crippen LogP contribution in [0.15, 0.2) is 42.5 Å². The molecule has 0 aliphatic carbocycles. The topological polar surface area (TPSA) is 93.9 Å². The first-order valence-corrected chi connectivity index (χ1v) is 10.2. The van der Waals surface area contributed by atoms with Crippen LogP contribution >= 0.6 is 12.2 Å². The van der Waals surface area contributed by atoms with Crippen LogP contribution in [-0.2, 0) is 17.8 Å². The molecule has 1 aliphatic heterocycles. The first-order valence-electron chi connectivity index (χ1n) is 9.83. The third-order valence-corrected chi connectivity index (χ3v) is 4.93. The van der Waals surface area contributed by atoms with Gasteiger partial charge in [0.1, 0.15) is 22.4 Å². The lowest BCUT2D eigenvalue weighted by Crippen LogP contribution is -2.36. The molecule has 0 radical (unpaired) electrons. The summed E-state index contributed by atoms with van der Waals surface area (Å²) < 4.78 is 11.3. The number of nitrogens with one attached hydrogen (secondary N) is 1. The van der Waals surface area contributed by atoms with Crippen molar-refractivity contribution in [2.75, 3.05) is 5.32 Å². The molecule has 0 fully saturated rings. The minimum absolute atomic E-state index is 0.0283. The van der Waals surface area contributed by atoms with Crippen LogP contribution in [0.25, 0.3) is 0 Å². The van der Waals surface area contributed by atoms with E-state index in [1.807, 2.05) is 25.1 Å². The van der Waals surface area contributed by atoms with E-state index in [0.717, 1.165) is 11.3 Å². The van der Waals surface area contributed by atoms with E-state index in [4.69, 9.17) is 21.7 Å². The number of nitrogens with zero attached hydrogens (tertiary/aromatic N) is 2. The highest BCUT2D eigenvalue weighted by Crippen LogP contribution is 2.31. The fourth-order valence-electron chi connectivity index (χ4n) is 3.07. The van der Waals surface area contributed by atoms with Gasteiger partial charge in [-0.05, 0) is 51.0 Å². The molecule has 0 bridgehead atoms. The van der Waals surface area contributed by atoms with Gasteiger partial charge in [0, 0.05) is 25.2 Å². The molecular weight excluding hydrogens is 418 g/mol. The Labute approximate surface area is 186 Å². The molecule has 9 heteroatoms. The third-order valence-electron chi connectivity index (χ3n) is 4.49. The van der Waals surface area contributed by atoms with E-state index in [1.165, 1.54) is 17.0 Å². The normalized spacial score (nSPS) is 15.4. The van der Waals surface area contributed by atoms with E-state index < -0.39 is 16.6 Å². The van der Waals surface area contributed by atoms with Crippen molar-refractivity contribution in [1.82, 2.24) is 4.90 Å². The molecule has 31 heavy (non-hydrogen) atoms. The Balaban J connectivity index is 1.86. The molecular formula is C22H25N3O5S. The van der Waals surface area contributed by atoms with E-state index >= 15 is 0 Å². The zero-order valence-electron chi connectivity index (χ0n) is 17.9. The van der Waals surface area contributed by atoms with Crippen LogP contribution in [0.3, 0.4) is 0 Å². The molecule has 8 nitrogen and oxygen atoms in total. The van der Waals surface area contributed by atoms with Gasteiger partial charge in [-0.15, -0.1) is 0 Å². The van der Waals surface area contributed by atoms with Crippen LogP contribution in [0.4, 0.5) is 16.2 Å². The van der Waals surface area contributed by atoms with Gasteiger partial charge >= 0.3 is 6.09 Å². The molecule has 164 valence electrons. The average molecular weight is 444 g/mol. The quantitative estimate of drug-likeness (QED) is 0.392. The van der Waals surface area contributed by atoms with Gasteiger partial charge in [-0.2, -0.15) is 0 Å². The lowest BCUT2D eigenvalue weighted by atomic mass is 10.1. The van der Waals surface area contributed by atoms with E-state index in [0.29, 0.717) is 16.3 Å². The maximum Gasteiger partial charge on any atom is 0.410 e. The number of ether oxygens (including phenoxy) is 2. The van der Waals surface area contributed by atoms with Gasteiger partial charge in [-0.1, -0.05) is 30.4 Å². The fraction of sp³-hybridized carbons (Fsp3) is 0.364. The Morgan fingerprint density at radius 2 is 1.90 bits per heavy atom. The van der Waals surface area contributed by atoms with Gasteiger partial charge < -0.3 is 14.8 Å². The summed E-state index contributed by atoms with van der Waals surface area (Å²) in [6.07, 6.45) is -0.717. The van der Waals surface area contributed by atoms with E-state index in [-0.39, 0.29) is 24.9 Å². The zero-order chi connectivity index (χ0) is 22.8. The lowest BCUT2D eigenvalue weighted by molar-refractivity contribution is -0.384. The molecule has 2 aromatic rings. The smallest absolute Gasteiger partial charge is 0.410 e. The van der Waals surface area contributed by atoms with Crippen LogP contribution in [0, 0.1) is 10.1 Å². The van der Waals surface area contributed by atoms with Crippen LogP contribution in [0.2, 0.25) is 0 Å². The summed E-state index contributed by atoms with van der Waals surface area (Å²) in [5.74, 6) is 0.687. The standard InChI is InChI=1S/C22H25N3O5S/c1-14-20(31)23-18-11-16(8-9-19(18)29-14)13-24(21(26)30-22(2,3)4)12-15-6-5-7-17(10-15)25(27)28/h5-11,14H,12-13H2,1-4H3,(H,23,31). The van der Waals surface area contributed by atoms with Gasteiger partial charge in [0.25, 0.3) is 5.69 Å². The number of hydrogen-bond acceptors (Lipinski definition) is 6. The number of anilines is 1. The van der Waals surface area contributed by atoms with Crippen molar-refractivity contribution in [3.8, 4) is 5.75 Å². The summed E-state index contributed by atoms with van der Waals surface area (Å²) in [5, 5.41) is 14.3. The van der Waals surface area contributed by atoms with Crippen molar-refractivity contribution < 1.29 is 19.2 Å². The van der Waals surface area contributed by atoms with Gasteiger partial charge in [0.05, 0.1) is 10.6 Å². The Bertz CT molecular complexity index is 1020. The highest BCUT2D eigenvalue weighted by Gasteiger charge is 2.25. The maximum atomic E-state index is 12.9. The molecule has 1 heterocycles. The molecule has 1 unspecified atom stereocenters. The second-order valence-corrected chi connectivity index (χ2v) is 8.78. The highest BCUT2D eigenvalue weighted by molar-refractivity contribution is 7.80. The number of nitro benzene ring substituents is 1. The number of thiocarbonyl (C=S) groups is 1. The first-order chi connectivity index (χ1) is 14.5. The number of carbonyl (C=O) groups excluding carboxylic acids is 1. The highest BCUT2D eigenvalue weighted by atomic mass is 32.1. The van der Waals surface area contributed by atoms with Crippen LogP contribution in [0.1, 0.15) is 38.8 Å². The molecule has 1 amide bonds. The summed E-state index contributed by atoms with van der Waals surface area (Å²) in [4.78, 5) is 25.6. The molecule has 2 aromatic carbocycles. The largest absolute Gasteiger partial charge is 0.481 e. The van der Waals surface area contributed by atoms with Crippen LogP contribution < -0.4 is 10.1 Å². The number of carbonyl (C=O) groups is 1. The van der Waals surface area contributed by atoms with Gasteiger partial charge in [0.2, 0.25) is 0 Å². The number of non-ortho nitro benzene ring substituents is 1.